The fraction of sp³-hybridized carbons (Fsp3) is 0.571. The van der Waals surface area contributed by atoms with Gasteiger partial charge < -0.3 is 14.8 Å². The van der Waals surface area contributed by atoms with Gasteiger partial charge in [0.2, 0.25) is 0 Å². The highest BCUT2D eigenvalue weighted by atomic mass is 16.5. The number of methoxy groups -OCH3 is 1. The van der Waals surface area contributed by atoms with E-state index in [4.69, 9.17) is 9.47 Å². The van der Waals surface area contributed by atoms with E-state index >= 15 is 0 Å². The second kappa shape index (κ2) is 7.30. The minimum absolute atomic E-state index is 0.255. The fourth-order valence-corrected chi connectivity index (χ4v) is 1.91. The van der Waals surface area contributed by atoms with Crippen LogP contribution < -0.4 is 10.1 Å². The number of hydrogen-bond donors (Lipinski definition) is 1. The monoisotopic (exact) mass is 237 g/mol. The van der Waals surface area contributed by atoms with E-state index in [1.54, 1.807) is 7.11 Å². The Hall–Kier alpha value is -1.06. The summed E-state index contributed by atoms with van der Waals surface area (Å²) in [7, 11) is 1.69. The van der Waals surface area contributed by atoms with Crippen molar-refractivity contribution >= 4 is 0 Å². The smallest absolute Gasteiger partial charge is 0.119 e. The number of nitrogens with one attached hydrogen (secondary N) is 1. The molecule has 1 rings (SSSR count). The summed E-state index contributed by atoms with van der Waals surface area (Å²) in [6, 6.07) is 6.43. The summed E-state index contributed by atoms with van der Waals surface area (Å²) in [5.74, 6) is 0.901. The molecular formula is C14H23NO2. The molecule has 1 N–H and O–H groups in total. The van der Waals surface area contributed by atoms with Crippen molar-refractivity contribution in [2.75, 3.05) is 26.9 Å². The van der Waals surface area contributed by atoms with Gasteiger partial charge in [-0.1, -0.05) is 13.0 Å². The van der Waals surface area contributed by atoms with Crippen molar-refractivity contribution in [3.05, 3.63) is 29.3 Å². The molecule has 0 aromatic heterocycles. The molecule has 0 aliphatic heterocycles. The summed E-state index contributed by atoms with van der Waals surface area (Å²) in [5.41, 5.74) is 2.51. The van der Waals surface area contributed by atoms with Gasteiger partial charge in [0.25, 0.3) is 0 Å². The second-order valence-corrected chi connectivity index (χ2v) is 3.99. The number of benzene rings is 1. The number of hydrogen-bond acceptors (Lipinski definition) is 3. The summed E-state index contributed by atoms with van der Waals surface area (Å²) >= 11 is 0. The molecule has 96 valence electrons. The van der Waals surface area contributed by atoms with Gasteiger partial charge in [0.15, 0.2) is 0 Å². The zero-order chi connectivity index (χ0) is 12.7. The first-order chi connectivity index (χ1) is 8.22. The van der Waals surface area contributed by atoms with E-state index in [1.807, 2.05) is 13.0 Å². The predicted molar refractivity (Wildman–Crippen MR) is 70.6 cm³/mol. The maximum atomic E-state index is 5.52. The molecule has 1 unspecified atom stereocenters. The molecule has 0 bridgehead atoms. The molecule has 0 heterocycles. The topological polar surface area (TPSA) is 30.5 Å². The van der Waals surface area contributed by atoms with Crippen molar-refractivity contribution in [1.82, 2.24) is 5.32 Å². The number of ether oxygens (including phenoxy) is 2. The van der Waals surface area contributed by atoms with Crippen molar-refractivity contribution in [1.29, 1.82) is 0 Å². The quantitative estimate of drug-likeness (QED) is 0.791. The summed E-state index contributed by atoms with van der Waals surface area (Å²) in [6.07, 6.45) is 0. The number of aryl methyl sites for hydroxylation is 1. The Labute approximate surface area is 104 Å². The zero-order valence-electron chi connectivity index (χ0n) is 11.2. The Morgan fingerprint density at radius 3 is 2.59 bits per heavy atom. The van der Waals surface area contributed by atoms with E-state index in [2.05, 4.69) is 31.3 Å². The van der Waals surface area contributed by atoms with Crippen molar-refractivity contribution in [3.8, 4) is 5.75 Å². The van der Waals surface area contributed by atoms with E-state index in [0.29, 0.717) is 6.61 Å². The van der Waals surface area contributed by atoms with Gasteiger partial charge in [-0.15, -0.1) is 0 Å². The molecule has 3 nitrogen and oxygen atoms in total. The van der Waals surface area contributed by atoms with Gasteiger partial charge in [0, 0.05) is 6.61 Å². The van der Waals surface area contributed by atoms with Crippen LogP contribution in [0.5, 0.6) is 5.75 Å². The highest BCUT2D eigenvalue weighted by Crippen LogP contribution is 2.22. The maximum absolute atomic E-state index is 5.52. The SMILES string of the molecule is CCNC(COCC)c1ccc(OC)cc1C. The Balaban J connectivity index is 2.85. The van der Waals surface area contributed by atoms with Crippen LogP contribution in [0.15, 0.2) is 18.2 Å². The molecule has 0 aliphatic carbocycles. The van der Waals surface area contributed by atoms with Crippen molar-refractivity contribution < 1.29 is 9.47 Å². The Kier molecular flexibility index (Phi) is 6.01. The molecule has 3 heteroatoms. The summed E-state index contributed by atoms with van der Waals surface area (Å²) < 4.78 is 10.7. The molecule has 1 aromatic rings. The van der Waals surface area contributed by atoms with Crippen LogP contribution in [-0.2, 0) is 4.74 Å². The lowest BCUT2D eigenvalue weighted by molar-refractivity contribution is 0.123. The van der Waals surface area contributed by atoms with E-state index < -0.39 is 0 Å². The van der Waals surface area contributed by atoms with E-state index in [9.17, 15) is 0 Å². The Bertz CT molecular complexity index is 339. The lowest BCUT2D eigenvalue weighted by Crippen LogP contribution is -2.26. The first-order valence-electron chi connectivity index (χ1n) is 6.18. The normalized spacial score (nSPS) is 12.5. The van der Waals surface area contributed by atoms with E-state index in [-0.39, 0.29) is 6.04 Å². The summed E-state index contributed by atoms with van der Waals surface area (Å²) in [5, 5.41) is 3.45. The van der Waals surface area contributed by atoms with Gasteiger partial charge in [-0.05, 0) is 43.7 Å². The van der Waals surface area contributed by atoms with Gasteiger partial charge in [-0.2, -0.15) is 0 Å². The maximum Gasteiger partial charge on any atom is 0.119 e. The van der Waals surface area contributed by atoms with Crippen molar-refractivity contribution in [3.63, 3.8) is 0 Å². The molecular weight excluding hydrogens is 214 g/mol. The van der Waals surface area contributed by atoms with Crippen LogP contribution in [0.4, 0.5) is 0 Å². The second-order valence-electron chi connectivity index (χ2n) is 3.99. The first-order valence-corrected chi connectivity index (χ1v) is 6.18. The van der Waals surface area contributed by atoms with Crippen molar-refractivity contribution in [2.45, 2.75) is 26.8 Å². The van der Waals surface area contributed by atoms with Gasteiger partial charge in [-0.25, -0.2) is 0 Å². The van der Waals surface area contributed by atoms with Crippen LogP contribution in [0.1, 0.15) is 31.0 Å². The average Bonchev–Trinajstić information content (AvgIpc) is 2.34. The third kappa shape index (κ3) is 4.02. The molecule has 17 heavy (non-hydrogen) atoms. The first kappa shape index (κ1) is 14.0. The summed E-state index contributed by atoms with van der Waals surface area (Å²) in [6.45, 7) is 8.62. The number of rotatable bonds is 7. The summed E-state index contributed by atoms with van der Waals surface area (Å²) in [4.78, 5) is 0. The molecule has 0 radical (unpaired) electrons. The van der Waals surface area contributed by atoms with Gasteiger partial charge >= 0.3 is 0 Å². The largest absolute Gasteiger partial charge is 0.497 e. The van der Waals surface area contributed by atoms with Crippen LogP contribution >= 0.6 is 0 Å². The highest BCUT2D eigenvalue weighted by molar-refractivity contribution is 5.36. The van der Waals surface area contributed by atoms with E-state index in [1.165, 1.54) is 11.1 Å². The van der Waals surface area contributed by atoms with Crippen LogP contribution in [0.3, 0.4) is 0 Å². The van der Waals surface area contributed by atoms with Crippen LogP contribution in [-0.4, -0.2) is 26.9 Å². The molecule has 1 aromatic carbocycles. The standard InChI is InChI=1S/C14H23NO2/c1-5-15-14(10-17-6-2)13-8-7-12(16-4)9-11(13)3/h7-9,14-15H,5-6,10H2,1-4H3. The molecule has 0 amide bonds. The molecule has 0 saturated carbocycles. The minimum atomic E-state index is 0.255. The molecule has 0 saturated heterocycles. The molecule has 0 spiro atoms. The Morgan fingerprint density at radius 2 is 2.06 bits per heavy atom. The third-order valence-corrected chi connectivity index (χ3v) is 2.79. The van der Waals surface area contributed by atoms with Gasteiger partial charge in [0.1, 0.15) is 5.75 Å². The predicted octanol–water partition coefficient (Wildman–Crippen LogP) is 2.69. The zero-order valence-corrected chi connectivity index (χ0v) is 11.2. The van der Waals surface area contributed by atoms with Crippen LogP contribution in [0, 0.1) is 6.92 Å². The number of likely N-dealkylation sites (N-methyl/N-ethyl adjacent to an activating group) is 1. The lowest BCUT2D eigenvalue weighted by atomic mass is 10.0. The van der Waals surface area contributed by atoms with Crippen LogP contribution in [0.2, 0.25) is 0 Å². The Morgan fingerprint density at radius 1 is 1.29 bits per heavy atom. The lowest BCUT2D eigenvalue weighted by Gasteiger charge is -2.20. The highest BCUT2D eigenvalue weighted by Gasteiger charge is 2.13. The van der Waals surface area contributed by atoms with Gasteiger partial charge in [-0.3, -0.25) is 0 Å². The molecule has 1 atom stereocenters. The average molecular weight is 237 g/mol. The molecule has 0 fully saturated rings. The third-order valence-electron chi connectivity index (χ3n) is 2.79. The minimum Gasteiger partial charge on any atom is -0.497 e. The fourth-order valence-electron chi connectivity index (χ4n) is 1.91. The van der Waals surface area contributed by atoms with Crippen LogP contribution in [0.25, 0.3) is 0 Å². The van der Waals surface area contributed by atoms with Crippen molar-refractivity contribution in [2.24, 2.45) is 0 Å². The molecule has 0 aliphatic rings. The van der Waals surface area contributed by atoms with E-state index in [0.717, 1.165) is 18.9 Å². The van der Waals surface area contributed by atoms with Gasteiger partial charge in [0.05, 0.1) is 19.8 Å².